The number of amides is 2. The van der Waals surface area contributed by atoms with Crippen molar-refractivity contribution in [2.45, 2.75) is 33.7 Å². The predicted octanol–water partition coefficient (Wildman–Crippen LogP) is 3.78. The zero-order chi connectivity index (χ0) is 21.0. The van der Waals surface area contributed by atoms with E-state index < -0.39 is 0 Å². The molecule has 29 heavy (non-hydrogen) atoms. The number of methoxy groups -OCH3 is 2. The molecule has 3 rings (SSSR count). The molecule has 2 aromatic carbocycles. The van der Waals surface area contributed by atoms with Gasteiger partial charge in [-0.25, -0.2) is 4.79 Å². The summed E-state index contributed by atoms with van der Waals surface area (Å²) in [6.45, 7) is 8.32. The third-order valence-corrected chi connectivity index (χ3v) is 5.43. The number of carbonyl (C=O) groups is 1. The summed E-state index contributed by atoms with van der Waals surface area (Å²) in [4.78, 5) is 14.4. The van der Waals surface area contributed by atoms with Gasteiger partial charge in [0.05, 0.1) is 20.8 Å². The Bertz CT molecular complexity index is 895. The van der Waals surface area contributed by atoms with Gasteiger partial charge in [-0.1, -0.05) is 6.07 Å². The number of urea groups is 1. The molecule has 0 spiro atoms. The summed E-state index contributed by atoms with van der Waals surface area (Å²) < 4.78 is 16.6. The number of hydrogen-bond acceptors (Lipinski definition) is 4. The molecule has 6 heteroatoms. The van der Waals surface area contributed by atoms with E-state index in [-0.39, 0.29) is 6.03 Å². The van der Waals surface area contributed by atoms with Crippen LogP contribution in [0.1, 0.15) is 27.8 Å². The Kier molecular flexibility index (Phi) is 6.52. The Labute approximate surface area is 172 Å². The van der Waals surface area contributed by atoms with Crippen LogP contribution in [0.25, 0.3) is 0 Å². The van der Waals surface area contributed by atoms with Crippen LogP contribution >= 0.6 is 0 Å². The zero-order valence-electron chi connectivity index (χ0n) is 17.9. The summed E-state index contributed by atoms with van der Waals surface area (Å²) >= 11 is 0. The van der Waals surface area contributed by atoms with Crippen molar-refractivity contribution in [1.82, 2.24) is 10.2 Å². The maximum atomic E-state index is 12.6. The quantitative estimate of drug-likeness (QED) is 0.753. The number of aryl methyl sites for hydroxylation is 3. The lowest BCUT2D eigenvalue weighted by molar-refractivity contribution is 0.189. The summed E-state index contributed by atoms with van der Waals surface area (Å²) in [7, 11) is 3.25. The van der Waals surface area contributed by atoms with Gasteiger partial charge < -0.3 is 24.4 Å². The molecule has 0 aliphatic carbocycles. The van der Waals surface area contributed by atoms with Crippen LogP contribution in [0.15, 0.2) is 24.3 Å². The summed E-state index contributed by atoms with van der Waals surface area (Å²) in [6.07, 6.45) is 0.793. The van der Waals surface area contributed by atoms with Crippen LogP contribution in [0, 0.1) is 20.8 Å². The summed E-state index contributed by atoms with van der Waals surface area (Å²) in [5.74, 6) is 2.28. The fraction of sp³-hybridized carbons (Fsp3) is 0.435. The number of nitrogens with zero attached hydrogens (tertiary/aromatic N) is 1. The van der Waals surface area contributed by atoms with E-state index in [0.29, 0.717) is 32.0 Å². The molecule has 1 heterocycles. The first-order valence-corrected chi connectivity index (χ1v) is 9.90. The van der Waals surface area contributed by atoms with Crippen LogP contribution in [-0.4, -0.2) is 44.8 Å². The molecule has 2 aromatic rings. The molecule has 1 aliphatic heterocycles. The third kappa shape index (κ3) is 4.75. The number of ether oxygens (including phenoxy) is 3. The molecule has 2 amide bonds. The molecule has 0 atom stereocenters. The van der Waals surface area contributed by atoms with Crippen LogP contribution in [0.5, 0.6) is 17.2 Å². The average Bonchev–Trinajstić information content (AvgIpc) is 2.72. The number of nitrogens with one attached hydrogen (secondary N) is 1. The molecule has 0 saturated heterocycles. The minimum atomic E-state index is -0.0779. The van der Waals surface area contributed by atoms with E-state index in [9.17, 15) is 4.79 Å². The van der Waals surface area contributed by atoms with Gasteiger partial charge in [0, 0.05) is 13.1 Å². The van der Waals surface area contributed by atoms with Crippen LogP contribution < -0.4 is 19.5 Å². The van der Waals surface area contributed by atoms with Gasteiger partial charge in [-0.15, -0.1) is 0 Å². The minimum absolute atomic E-state index is 0.0779. The van der Waals surface area contributed by atoms with E-state index in [0.717, 1.165) is 29.0 Å². The molecule has 156 valence electrons. The first-order valence-electron chi connectivity index (χ1n) is 9.90. The monoisotopic (exact) mass is 398 g/mol. The third-order valence-electron chi connectivity index (χ3n) is 5.43. The first-order chi connectivity index (χ1) is 13.9. The van der Waals surface area contributed by atoms with E-state index in [1.807, 2.05) is 24.0 Å². The van der Waals surface area contributed by atoms with Gasteiger partial charge in [-0.2, -0.15) is 0 Å². The molecule has 6 nitrogen and oxygen atoms in total. The Morgan fingerprint density at radius 3 is 2.28 bits per heavy atom. The van der Waals surface area contributed by atoms with E-state index >= 15 is 0 Å². The highest BCUT2D eigenvalue weighted by Gasteiger charge is 2.22. The highest BCUT2D eigenvalue weighted by Crippen LogP contribution is 2.33. The number of fused-ring (bicyclic) bond motifs is 1. The molecular weight excluding hydrogens is 368 g/mol. The van der Waals surface area contributed by atoms with Crippen molar-refractivity contribution < 1.29 is 19.0 Å². The number of rotatable bonds is 6. The van der Waals surface area contributed by atoms with E-state index in [4.69, 9.17) is 14.2 Å². The maximum Gasteiger partial charge on any atom is 0.317 e. The summed E-state index contributed by atoms with van der Waals surface area (Å²) in [5, 5.41) is 2.96. The second kappa shape index (κ2) is 9.07. The van der Waals surface area contributed by atoms with Crippen molar-refractivity contribution in [2.75, 3.05) is 33.9 Å². The second-order valence-electron chi connectivity index (χ2n) is 7.43. The normalized spacial score (nSPS) is 12.9. The van der Waals surface area contributed by atoms with Crippen LogP contribution in [-0.2, 0) is 13.0 Å². The molecule has 0 bridgehead atoms. The lowest BCUT2D eigenvalue weighted by Gasteiger charge is -2.29. The van der Waals surface area contributed by atoms with Crippen LogP contribution in [0.3, 0.4) is 0 Å². The Morgan fingerprint density at radius 2 is 1.59 bits per heavy atom. The standard InChI is InChI=1S/C23H30N2O4/c1-15-10-17(3)20(11-16(15)2)29-9-7-24-23(26)25-8-6-18-12-21(27-4)22(28-5)13-19(18)14-25/h10-13H,6-9,14H2,1-5H3,(H,24,26). The Morgan fingerprint density at radius 1 is 0.931 bits per heavy atom. The predicted molar refractivity (Wildman–Crippen MR) is 113 cm³/mol. The van der Waals surface area contributed by atoms with Crippen molar-refractivity contribution in [2.24, 2.45) is 0 Å². The van der Waals surface area contributed by atoms with Crippen molar-refractivity contribution in [3.63, 3.8) is 0 Å². The second-order valence-corrected chi connectivity index (χ2v) is 7.43. The van der Waals surface area contributed by atoms with Crippen LogP contribution in [0.2, 0.25) is 0 Å². The topological polar surface area (TPSA) is 60.0 Å². The highest BCUT2D eigenvalue weighted by atomic mass is 16.5. The lowest BCUT2D eigenvalue weighted by atomic mass is 9.99. The van der Waals surface area contributed by atoms with E-state index in [1.165, 1.54) is 16.7 Å². The fourth-order valence-corrected chi connectivity index (χ4v) is 3.58. The fourth-order valence-electron chi connectivity index (χ4n) is 3.58. The molecule has 0 aromatic heterocycles. The van der Waals surface area contributed by atoms with Crippen LogP contribution in [0.4, 0.5) is 4.79 Å². The van der Waals surface area contributed by atoms with Gasteiger partial charge in [0.25, 0.3) is 0 Å². The van der Waals surface area contributed by atoms with Gasteiger partial charge in [-0.3, -0.25) is 0 Å². The van der Waals surface area contributed by atoms with Crippen molar-refractivity contribution in [3.05, 3.63) is 52.1 Å². The molecule has 1 aliphatic rings. The maximum absolute atomic E-state index is 12.6. The molecule has 0 unspecified atom stereocenters. The van der Waals surface area contributed by atoms with Gasteiger partial charge in [0.2, 0.25) is 0 Å². The summed E-state index contributed by atoms with van der Waals surface area (Å²) in [6, 6.07) is 8.06. The molecule has 0 fully saturated rings. The van der Waals surface area contributed by atoms with Gasteiger partial charge in [0.1, 0.15) is 12.4 Å². The van der Waals surface area contributed by atoms with Gasteiger partial charge in [0.15, 0.2) is 11.5 Å². The van der Waals surface area contributed by atoms with Crippen molar-refractivity contribution in [1.29, 1.82) is 0 Å². The smallest absolute Gasteiger partial charge is 0.317 e. The minimum Gasteiger partial charge on any atom is -0.493 e. The Hall–Kier alpha value is -2.89. The molecule has 1 N–H and O–H groups in total. The SMILES string of the molecule is COc1cc2c(cc1OC)CN(C(=O)NCCOc1cc(C)c(C)cc1C)CC2. The number of benzene rings is 2. The number of carbonyl (C=O) groups excluding carboxylic acids is 1. The zero-order valence-corrected chi connectivity index (χ0v) is 17.9. The van der Waals surface area contributed by atoms with Crippen molar-refractivity contribution in [3.8, 4) is 17.2 Å². The van der Waals surface area contributed by atoms with Gasteiger partial charge >= 0.3 is 6.03 Å². The Balaban J connectivity index is 1.53. The molecule has 0 saturated carbocycles. The first kappa shape index (κ1) is 20.8. The highest BCUT2D eigenvalue weighted by molar-refractivity contribution is 5.74. The van der Waals surface area contributed by atoms with Gasteiger partial charge in [-0.05, 0) is 73.2 Å². The summed E-state index contributed by atoms with van der Waals surface area (Å²) in [5.41, 5.74) is 5.85. The van der Waals surface area contributed by atoms with E-state index in [1.54, 1.807) is 14.2 Å². The molecular formula is C23H30N2O4. The number of hydrogen-bond donors (Lipinski definition) is 1. The largest absolute Gasteiger partial charge is 0.493 e. The molecule has 0 radical (unpaired) electrons. The average molecular weight is 399 g/mol. The lowest BCUT2D eigenvalue weighted by Crippen LogP contribution is -2.43. The van der Waals surface area contributed by atoms with E-state index in [2.05, 4.69) is 31.3 Å². The van der Waals surface area contributed by atoms with Crippen molar-refractivity contribution >= 4 is 6.03 Å².